The van der Waals surface area contributed by atoms with Crippen molar-refractivity contribution in [3.05, 3.63) is 0 Å². The van der Waals surface area contributed by atoms with Crippen LogP contribution in [-0.2, 0) is 0 Å². The molecule has 0 aliphatic carbocycles. The highest BCUT2D eigenvalue weighted by Crippen LogP contribution is 2.03. The molecule has 0 aromatic heterocycles. The van der Waals surface area contributed by atoms with Gasteiger partial charge in [0.1, 0.15) is 0 Å². The summed E-state index contributed by atoms with van der Waals surface area (Å²) < 4.78 is 0. The van der Waals surface area contributed by atoms with Crippen molar-refractivity contribution in [2.24, 2.45) is 0 Å². The molecule has 18 heavy (non-hydrogen) atoms. The summed E-state index contributed by atoms with van der Waals surface area (Å²) in [7, 11) is 0. The number of hydrogen-bond acceptors (Lipinski definition) is 1. The van der Waals surface area contributed by atoms with Crippen molar-refractivity contribution >= 4 is 0 Å². The molecule has 0 aliphatic rings. The average molecular weight is 260 g/mol. The fraction of sp³-hybridized carbons (Fsp3) is 1.00. The van der Waals surface area contributed by atoms with Gasteiger partial charge in [-0.05, 0) is 38.9 Å². The molecule has 0 aromatic rings. The topological polar surface area (TPSA) is 3.24 Å². The van der Waals surface area contributed by atoms with Crippen LogP contribution in [0.2, 0.25) is 0 Å². The Morgan fingerprint density at radius 2 is 0.833 bits per heavy atom. The molecule has 0 rings (SSSR count). The van der Waals surface area contributed by atoms with Crippen molar-refractivity contribution in [2.45, 2.75) is 93.4 Å². The number of unbranched alkanes of at least 4 members (excludes halogenated alkanes) is 4. The van der Waals surface area contributed by atoms with Crippen LogP contribution in [0.1, 0.15) is 93.4 Å². The molecule has 0 heterocycles. The third-order valence-electron chi connectivity index (χ3n) is 2.73. The van der Waals surface area contributed by atoms with Gasteiger partial charge < -0.3 is 4.90 Å². The van der Waals surface area contributed by atoms with E-state index in [0.717, 1.165) is 0 Å². The Balaban J connectivity index is -0.000000506. The van der Waals surface area contributed by atoms with E-state index >= 15 is 0 Å². The lowest BCUT2D eigenvalue weighted by Gasteiger charge is -2.21. The first-order chi connectivity index (χ1) is 8.85. The molecule has 0 amide bonds. The summed E-state index contributed by atoms with van der Waals surface area (Å²) in [5.41, 5.74) is 0. The predicted octanol–water partition coefficient (Wildman–Crippen LogP) is 6.13. The van der Waals surface area contributed by atoms with E-state index in [1.807, 2.05) is 27.7 Å². The Morgan fingerprint density at radius 1 is 0.500 bits per heavy atom. The van der Waals surface area contributed by atoms with Crippen molar-refractivity contribution in [1.29, 1.82) is 0 Å². The molecule has 114 valence electrons. The highest BCUT2D eigenvalue weighted by atomic mass is 15.1. The van der Waals surface area contributed by atoms with E-state index in [0.29, 0.717) is 0 Å². The van der Waals surface area contributed by atoms with E-state index in [1.54, 1.807) is 0 Å². The van der Waals surface area contributed by atoms with Crippen LogP contribution in [0.3, 0.4) is 0 Å². The molecule has 0 aliphatic heterocycles. The second-order valence-electron chi connectivity index (χ2n) is 4.26. The molecule has 0 saturated carbocycles. The molecule has 0 atom stereocenters. The predicted molar refractivity (Wildman–Crippen MR) is 88.5 cm³/mol. The summed E-state index contributed by atoms with van der Waals surface area (Å²) in [6, 6.07) is 0. The van der Waals surface area contributed by atoms with Crippen molar-refractivity contribution in [1.82, 2.24) is 4.90 Å². The number of hydrogen-bond donors (Lipinski definition) is 0. The highest BCUT2D eigenvalue weighted by molar-refractivity contribution is 4.57. The van der Waals surface area contributed by atoms with E-state index in [1.165, 1.54) is 64.6 Å². The van der Waals surface area contributed by atoms with Crippen molar-refractivity contribution in [3.8, 4) is 0 Å². The minimum Gasteiger partial charge on any atom is -0.303 e. The Morgan fingerprint density at radius 3 is 1.17 bits per heavy atom. The largest absolute Gasteiger partial charge is 0.303 e. The molecule has 0 unspecified atom stereocenters. The molecule has 0 spiro atoms. The molecule has 0 fully saturated rings. The van der Waals surface area contributed by atoms with Gasteiger partial charge in [-0.15, -0.1) is 0 Å². The van der Waals surface area contributed by atoms with Crippen LogP contribution >= 0.6 is 0 Å². The van der Waals surface area contributed by atoms with E-state index < -0.39 is 0 Å². The smallest absolute Gasteiger partial charge is 0.00187 e. The van der Waals surface area contributed by atoms with Crippen molar-refractivity contribution in [2.75, 3.05) is 19.6 Å². The van der Waals surface area contributed by atoms with Crippen LogP contribution in [0.25, 0.3) is 0 Å². The quantitative estimate of drug-likeness (QED) is 0.426. The van der Waals surface area contributed by atoms with Crippen LogP contribution in [-0.4, -0.2) is 24.5 Å². The fourth-order valence-corrected chi connectivity index (χ4v) is 1.68. The molecule has 0 saturated heterocycles. The third kappa shape index (κ3) is 21.3. The van der Waals surface area contributed by atoms with Gasteiger partial charge in [0.25, 0.3) is 0 Å². The van der Waals surface area contributed by atoms with E-state index in [2.05, 4.69) is 25.7 Å². The number of rotatable bonds is 10. The Bertz CT molecular complexity index is 93.8. The van der Waals surface area contributed by atoms with Crippen molar-refractivity contribution in [3.63, 3.8) is 0 Å². The van der Waals surface area contributed by atoms with Gasteiger partial charge >= 0.3 is 0 Å². The normalized spacial score (nSPS) is 9.33. The number of nitrogens with zero attached hydrogens (tertiary/aromatic N) is 1. The minimum absolute atomic E-state index is 1.32. The maximum atomic E-state index is 2.66. The Hall–Kier alpha value is -0.0400. The zero-order valence-electron chi connectivity index (χ0n) is 14.5. The molecule has 0 radical (unpaired) electrons. The maximum absolute atomic E-state index is 2.66. The molecular formula is C17H41N. The van der Waals surface area contributed by atoms with Gasteiger partial charge in [-0.1, -0.05) is 74.1 Å². The van der Waals surface area contributed by atoms with Crippen LogP contribution in [0.5, 0.6) is 0 Å². The summed E-state index contributed by atoms with van der Waals surface area (Å²) in [5, 5.41) is 0. The molecule has 1 nitrogen and oxygen atoms in total. The first-order valence-corrected chi connectivity index (χ1v) is 8.57. The standard InChI is InChI=1S/C13H29N.2C2H6/c1-4-7-10-13-14(11-8-5-2)12-9-6-3;2*1-2/h4-13H2,1-3H3;2*1-2H3. The van der Waals surface area contributed by atoms with Gasteiger partial charge in [-0.25, -0.2) is 0 Å². The summed E-state index contributed by atoms with van der Waals surface area (Å²) >= 11 is 0. The Kier molecular flexibility index (Phi) is 33.0. The van der Waals surface area contributed by atoms with Crippen LogP contribution in [0, 0.1) is 0 Å². The van der Waals surface area contributed by atoms with Crippen LogP contribution in [0.4, 0.5) is 0 Å². The van der Waals surface area contributed by atoms with Gasteiger partial charge in [0.2, 0.25) is 0 Å². The molecule has 0 aromatic carbocycles. The maximum Gasteiger partial charge on any atom is -0.00187 e. The minimum atomic E-state index is 1.32. The van der Waals surface area contributed by atoms with Gasteiger partial charge in [0.15, 0.2) is 0 Å². The lowest BCUT2D eigenvalue weighted by molar-refractivity contribution is 0.259. The first-order valence-electron chi connectivity index (χ1n) is 8.57. The highest BCUT2D eigenvalue weighted by Gasteiger charge is 2.02. The summed E-state index contributed by atoms with van der Waals surface area (Å²) in [5.74, 6) is 0. The molecule has 0 bridgehead atoms. The first kappa shape index (κ1) is 23.1. The Labute approximate surface area is 118 Å². The van der Waals surface area contributed by atoms with Gasteiger partial charge in [-0.2, -0.15) is 0 Å². The summed E-state index contributed by atoms with van der Waals surface area (Å²) in [6.07, 6.45) is 9.53. The molecule has 1 heteroatoms. The van der Waals surface area contributed by atoms with E-state index in [9.17, 15) is 0 Å². The summed E-state index contributed by atoms with van der Waals surface area (Å²) in [6.45, 7) is 18.8. The molecule has 0 N–H and O–H groups in total. The summed E-state index contributed by atoms with van der Waals surface area (Å²) in [4.78, 5) is 2.66. The zero-order valence-corrected chi connectivity index (χ0v) is 14.5. The van der Waals surface area contributed by atoms with Crippen LogP contribution < -0.4 is 0 Å². The SMILES string of the molecule is CC.CC.CCCCCN(CCCC)CCCC. The fourth-order valence-electron chi connectivity index (χ4n) is 1.68. The van der Waals surface area contributed by atoms with Gasteiger partial charge in [-0.3, -0.25) is 0 Å². The van der Waals surface area contributed by atoms with Gasteiger partial charge in [0.05, 0.1) is 0 Å². The van der Waals surface area contributed by atoms with E-state index in [-0.39, 0.29) is 0 Å². The molecular weight excluding hydrogens is 218 g/mol. The van der Waals surface area contributed by atoms with Crippen molar-refractivity contribution < 1.29 is 0 Å². The third-order valence-corrected chi connectivity index (χ3v) is 2.73. The monoisotopic (exact) mass is 259 g/mol. The average Bonchev–Trinajstić information content (AvgIpc) is 2.46. The van der Waals surface area contributed by atoms with Gasteiger partial charge in [0, 0.05) is 0 Å². The second-order valence-corrected chi connectivity index (χ2v) is 4.26. The second kappa shape index (κ2) is 25.7. The lowest BCUT2D eigenvalue weighted by atomic mass is 10.2. The van der Waals surface area contributed by atoms with Crippen LogP contribution in [0.15, 0.2) is 0 Å². The zero-order chi connectivity index (χ0) is 14.6. The van der Waals surface area contributed by atoms with E-state index in [4.69, 9.17) is 0 Å². The lowest BCUT2D eigenvalue weighted by Crippen LogP contribution is -2.27.